The lowest BCUT2D eigenvalue weighted by Crippen LogP contribution is -2.09. The molecule has 2 aromatic carbocycles. The zero-order valence-electron chi connectivity index (χ0n) is 13.6. The van der Waals surface area contributed by atoms with Crippen LogP contribution in [0.4, 0.5) is 11.4 Å². The normalized spacial score (nSPS) is 15.8. The summed E-state index contributed by atoms with van der Waals surface area (Å²) >= 11 is 0. The second-order valence-corrected chi connectivity index (χ2v) is 6.28. The first-order chi connectivity index (χ1) is 12.2. The van der Waals surface area contributed by atoms with Gasteiger partial charge in [0.05, 0.1) is 17.3 Å². The van der Waals surface area contributed by atoms with E-state index in [9.17, 15) is 10.1 Å². The summed E-state index contributed by atoms with van der Waals surface area (Å²) in [4.78, 5) is 15.1. The number of nitrogens with zero attached hydrogens (tertiary/aromatic N) is 3. The molecule has 6 heteroatoms. The molecular formula is C19H18N4O2. The standard InChI is InChI=1S/C19H18N4O2/c24-23(25)19-8-5-14(12-22-10-9-20-13-22)11-18(19)21-17-7-6-15-3-1-2-4-16(15)17/h1-5,8-11,13,17,21H,6-7,12H2. The summed E-state index contributed by atoms with van der Waals surface area (Å²) in [5, 5.41) is 14.8. The highest BCUT2D eigenvalue weighted by molar-refractivity contribution is 5.64. The van der Waals surface area contributed by atoms with E-state index in [4.69, 9.17) is 0 Å². The highest BCUT2D eigenvalue weighted by Gasteiger charge is 2.24. The van der Waals surface area contributed by atoms with Gasteiger partial charge >= 0.3 is 0 Å². The van der Waals surface area contributed by atoms with E-state index in [1.165, 1.54) is 11.1 Å². The minimum Gasteiger partial charge on any atom is -0.373 e. The van der Waals surface area contributed by atoms with Gasteiger partial charge in [0.25, 0.3) is 5.69 Å². The number of fused-ring (bicyclic) bond motifs is 1. The molecule has 4 rings (SSSR count). The predicted molar refractivity (Wildman–Crippen MR) is 95.6 cm³/mol. The molecule has 6 nitrogen and oxygen atoms in total. The summed E-state index contributed by atoms with van der Waals surface area (Å²) in [5.41, 5.74) is 4.23. The maximum Gasteiger partial charge on any atom is 0.292 e. The molecule has 1 aliphatic rings. The Morgan fingerprint density at radius 3 is 2.96 bits per heavy atom. The Bertz CT molecular complexity index is 906. The second kappa shape index (κ2) is 6.39. The van der Waals surface area contributed by atoms with E-state index in [1.54, 1.807) is 24.7 Å². The van der Waals surface area contributed by atoms with E-state index in [0.717, 1.165) is 18.4 Å². The van der Waals surface area contributed by atoms with Gasteiger partial charge in [0.1, 0.15) is 5.69 Å². The minimum atomic E-state index is -0.329. The van der Waals surface area contributed by atoms with Crippen molar-refractivity contribution >= 4 is 11.4 Å². The number of nitro groups is 1. The Hall–Kier alpha value is -3.15. The van der Waals surface area contributed by atoms with Crippen LogP contribution in [-0.4, -0.2) is 14.5 Å². The van der Waals surface area contributed by atoms with Crippen LogP contribution in [0.2, 0.25) is 0 Å². The second-order valence-electron chi connectivity index (χ2n) is 6.28. The van der Waals surface area contributed by atoms with Crippen molar-refractivity contribution in [3.63, 3.8) is 0 Å². The van der Waals surface area contributed by atoms with Gasteiger partial charge in [-0.2, -0.15) is 0 Å². The summed E-state index contributed by atoms with van der Waals surface area (Å²) in [6.45, 7) is 0.633. The third kappa shape index (κ3) is 3.10. The van der Waals surface area contributed by atoms with Crippen LogP contribution in [0.5, 0.6) is 0 Å². The van der Waals surface area contributed by atoms with Crippen molar-refractivity contribution in [2.45, 2.75) is 25.4 Å². The molecule has 1 aromatic heterocycles. The topological polar surface area (TPSA) is 73.0 Å². The molecule has 0 saturated carbocycles. The molecule has 3 aromatic rings. The van der Waals surface area contributed by atoms with Crippen LogP contribution in [-0.2, 0) is 13.0 Å². The van der Waals surface area contributed by atoms with Crippen molar-refractivity contribution in [1.29, 1.82) is 0 Å². The third-order valence-electron chi connectivity index (χ3n) is 4.64. The zero-order chi connectivity index (χ0) is 17.2. The number of benzene rings is 2. The summed E-state index contributed by atoms with van der Waals surface area (Å²) in [5.74, 6) is 0. The number of nitrogens with one attached hydrogen (secondary N) is 1. The number of anilines is 1. The lowest BCUT2D eigenvalue weighted by molar-refractivity contribution is -0.384. The molecule has 1 atom stereocenters. The molecule has 0 spiro atoms. The maximum atomic E-state index is 11.4. The van der Waals surface area contributed by atoms with Gasteiger partial charge in [0.15, 0.2) is 0 Å². The van der Waals surface area contributed by atoms with E-state index >= 15 is 0 Å². The van der Waals surface area contributed by atoms with E-state index < -0.39 is 0 Å². The van der Waals surface area contributed by atoms with Crippen molar-refractivity contribution in [2.75, 3.05) is 5.32 Å². The van der Waals surface area contributed by atoms with Gasteiger partial charge in [-0.3, -0.25) is 10.1 Å². The molecule has 1 aliphatic carbocycles. The van der Waals surface area contributed by atoms with Gasteiger partial charge < -0.3 is 9.88 Å². The summed E-state index contributed by atoms with van der Waals surface area (Å²) < 4.78 is 1.94. The number of hydrogen-bond donors (Lipinski definition) is 1. The lowest BCUT2D eigenvalue weighted by Gasteiger charge is -2.16. The lowest BCUT2D eigenvalue weighted by atomic mass is 10.1. The number of hydrogen-bond acceptors (Lipinski definition) is 4. The molecule has 25 heavy (non-hydrogen) atoms. The van der Waals surface area contributed by atoms with Crippen molar-refractivity contribution in [3.05, 3.63) is 88.0 Å². The van der Waals surface area contributed by atoms with Crippen molar-refractivity contribution in [1.82, 2.24) is 9.55 Å². The SMILES string of the molecule is O=[N+]([O-])c1ccc(Cn2ccnc2)cc1NC1CCc2ccccc21. The van der Waals surface area contributed by atoms with E-state index in [0.29, 0.717) is 12.2 Å². The first-order valence-electron chi connectivity index (χ1n) is 8.28. The highest BCUT2D eigenvalue weighted by atomic mass is 16.6. The molecule has 0 radical (unpaired) electrons. The van der Waals surface area contributed by atoms with Crippen LogP contribution in [0.3, 0.4) is 0 Å². The molecular weight excluding hydrogens is 316 g/mol. The Kier molecular flexibility index (Phi) is 3.93. The highest BCUT2D eigenvalue weighted by Crippen LogP contribution is 2.36. The summed E-state index contributed by atoms with van der Waals surface area (Å²) in [7, 11) is 0. The molecule has 0 fully saturated rings. The zero-order valence-corrected chi connectivity index (χ0v) is 13.6. The number of imidazole rings is 1. The van der Waals surface area contributed by atoms with Gasteiger partial charge in [0.2, 0.25) is 0 Å². The molecule has 0 saturated heterocycles. The minimum absolute atomic E-state index is 0.110. The fraction of sp³-hybridized carbons (Fsp3) is 0.211. The van der Waals surface area contributed by atoms with Crippen LogP contribution in [0.25, 0.3) is 0 Å². The first-order valence-corrected chi connectivity index (χ1v) is 8.28. The Morgan fingerprint density at radius 2 is 2.16 bits per heavy atom. The van der Waals surface area contributed by atoms with Gasteiger partial charge in [0, 0.05) is 25.0 Å². The number of rotatable bonds is 5. The monoisotopic (exact) mass is 334 g/mol. The number of aromatic nitrogens is 2. The Labute approximate surface area is 145 Å². The van der Waals surface area contributed by atoms with Crippen molar-refractivity contribution < 1.29 is 4.92 Å². The van der Waals surface area contributed by atoms with Gasteiger partial charge in [-0.1, -0.05) is 30.3 Å². The fourth-order valence-corrected chi connectivity index (χ4v) is 3.44. The van der Waals surface area contributed by atoms with Crippen molar-refractivity contribution in [3.8, 4) is 0 Å². The fourth-order valence-electron chi connectivity index (χ4n) is 3.44. The first kappa shape index (κ1) is 15.4. The van der Waals surface area contributed by atoms with Crippen LogP contribution in [0, 0.1) is 10.1 Å². The van der Waals surface area contributed by atoms with Crippen LogP contribution >= 0.6 is 0 Å². The molecule has 1 unspecified atom stereocenters. The predicted octanol–water partition coefficient (Wildman–Crippen LogP) is 3.94. The van der Waals surface area contributed by atoms with E-state index in [2.05, 4.69) is 22.4 Å². The largest absolute Gasteiger partial charge is 0.373 e. The van der Waals surface area contributed by atoms with Crippen LogP contribution < -0.4 is 5.32 Å². The molecule has 1 heterocycles. The third-order valence-corrected chi connectivity index (χ3v) is 4.64. The number of nitro benzene ring substituents is 1. The quantitative estimate of drug-likeness (QED) is 0.566. The van der Waals surface area contributed by atoms with Gasteiger partial charge in [-0.15, -0.1) is 0 Å². The number of aryl methyl sites for hydroxylation is 1. The van der Waals surface area contributed by atoms with Crippen LogP contribution in [0.1, 0.15) is 29.2 Å². The van der Waals surface area contributed by atoms with Gasteiger partial charge in [-0.25, -0.2) is 4.98 Å². The van der Waals surface area contributed by atoms with Gasteiger partial charge in [-0.05, 0) is 35.6 Å². The molecule has 126 valence electrons. The molecule has 0 amide bonds. The van der Waals surface area contributed by atoms with E-state index in [1.807, 2.05) is 29.0 Å². The van der Waals surface area contributed by atoms with E-state index in [-0.39, 0.29) is 16.7 Å². The van der Waals surface area contributed by atoms with Crippen LogP contribution in [0.15, 0.2) is 61.2 Å². The molecule has 1 N–H and O–H groups in total. The van der Waals surface area contributed by atoms with Crippen molar-refractivity contribution in [2.24, 2.45) is 0 Å². The molecule has 0 bridgehead atoms. The Balaban J connectivity index is 1.64. The summed E-state index contributed by atoms with van der Waals surface area (Å²) in [6, 6.07) is 13.6. The average molecular weight is 334 g/mol. The molecule has 0 aliphatic heterocycles. The Morgan fingerprint density at radius 1 is 1.28 bits per heavy atom. The smallest absolute Gasteiger partial charge is 0.292 e. The summed E-state index contributed by atoms with van der Waals surface area (Å²) in [6.07, 6.45) is 7.28. The average Bonchev–Trinajstić information content (AvgIpc) is 3.25. The maximum absolute atomic E-state index is 11.4.